The fourth-order valence-electron chi connectivity index (χ4n) is 2.01. The second-order valence-corrected chi connectivity index (χ2v) is 5.46. The number of hydrogen-bond acceptors (Lipinski definition) is 1. The molecule has 0 unspecified atom stereocenters. The number of rotatable bonds is 2. The van der Waals surface area contributed by atoms with E-state index in [0.29, 0.717) is 0 Å². The Labute approximate surface area is 104 Å². The van der Waals surface area contributed by atoms with Crippen molar-refractivity contribution in [2.75, 3.05) is 0 Å². The summed E-state index contributed by atoms with van der Waals surface area (Å²) >= 11 is 3.48. The fourth-order valence-corrected chi connectivity index (χ4v) is 2.36. The van der Waals surface area contributed by atoms with Crippen molar-refractivity contribution in [1.29, 1.82) is 0 Å². The van der Waals surface area contributed by atoms with Gasteiger partial charge in [0.15, 0.2) is 0 Å². The lowest BCUT2D eigenvalue weighted by Crippen LogP contribution is -2.14. The lowest BCUT2D eigenvalue weighted by molar-refractivity contribution is 0.0800. The van der Waals surface area contributed by atoms with Gasteiger partial charge in [0.2, 0.25) is 0 Å². The van der Waals surface area contributed by atoms with E-state index in [4.69, 9.17) is 0 Å². The molecule has 0 fully saturated rings. The number of benzene rings is 1. The van der Waals surface area contributed by atoms with Crippen LogP contribution in [0.25, 0.3) is 10.9 Å². The van der Waals surface area contributed by atoms with Crippen LogP contribution in [0.1, 0.15) is 26.3 Å². The Morgan fingerprint density at radius 1 is 1.38 bits per heavy atom. The molecule has 1 aromatic heterocycles. The van der Waals surface area contributed by atoms with E-state index in [2.05, 4.69) is 39.6 Å². The molecule has 1 aromatic carbocycles. The fraction of sp³-hybridized carbons (Fsp3) is 0.385. The summed E-state index contributed by atoms with van der Waals surface area (Å²) in [7, 11) is 0. The first-order valence-corrected chi connectivity index (χ1v) is 6.24. The van der Waals surface area contributed by atoms with E-state index < -0.39 is 5.60 Å². The van der Waals surface area contributed by atoms with Crippen LogP contribution in [0.5, 0.6) is 0 Å². The number of halogens is 1. The van der Waals surface area contributed by atoms with Gasteiger partial charge in [0, 0.05) is 33.7 Å². The maximum atomic E-state index is 10.1. The zero-order valence-electron chi connectivity index (χ0n) is 9.79. The van der Waals surface area contributed by atoms with E-state index in [1.807, 2.05) is 26.1 Å². The lowest BCUT2D eigenvalue weighted by Gasteiger charge is -2.16. The van der Waals surface area contributed by atoms with Gasteiger partial charge in [-0.25, -0.2) is 0 Å². The van der Waals surface area contributed by atoms with Crippen molar-refractivity contribution in [3.63, 3.8) is 0 Å². The summed E-state index contributed by atoms with van der Waals surface area (Å²) in [6.45, 7) is 6.66. The first-order valence-electron chi connectivity index (χ1n) is 5.44. The molecular weight excluding hydrogens is 266 g/mol. The SMILES string of the molecule is CCn1cc(C(C)(C)O)c2ccc(Br)cc21. The minimum atomic E-state index is -0.799. The predicted molar refractivity (Wildman–Crippen MR) is 70.6 cm³/mol. The molecule has 1 N–H and O–H groups in total. The summed E-state index contributed by atoms with van der Waals surface area (Å²) in [5.74, 6) is 0. The second-order valence-electron chi connectivity index (χ2n) is 4.55. The highest BCUT2D eigenvalue weighted by atomic mass is 79.9. The van der Waals surface area contributed by atoms with Crippen LogP contribution in [0.4, 0.5) is 0 Å². The third kappa shape index (κ3) is 1.89. The van der Waals surface area contributed by atoms with Crippen molar-refractivity contribution in [1.82, 2.24) is 4.57 Å². The van der Waals surface area contributed by atoms with Crippen molar-refractivity contribution in [3.8, 4) is 0 Å². The average molecular weight is 282 g/mol. The van der Waals surface area contributed by atoms with Crippen LogP contribution in [0.2, 0.25) is 0 Å². The minimum absolute atomic E-state index is 0.799. The monoisotopic (exact) mass is 281 g/mol. The van der Waals surface area contributed by atoms with Gasteiger partial charge in [-0.2, -0.15) is 0 Å². The largest absolute Gasteiger partial charge is 0.386 e. The lowest BCUT2D eigenvalue weighted by atomic mass is 9.98. The number of aryl methyl sites for hydroxylation is 1. The summed E-state index contributed by atoms with van der Waals surface area (Å²) in [5, 5.41) is 11.3. The van der Waals surface area contributed by atoms with Crippen molar-refractivity contribution < 1.29 is 5.11 Å². The van der Waals surface area contributed by atoms with E-state index >= 15 is 0 Å². The molecule has 0 aliphatic carbocycles. The van der Waals surface area contributed by atoms with E-state index in [0.717, 1.165) is 27.5 Å². The molecule has 0 atom stereocenters. The molecule has 0 saturated heterocycles. The summed E-state index contributed by atoms with van der Waals surface area (Å²) in [5.41, 5.74) is 1.35. The second kappa shape index (κ2) is 3.90. The van der Waals surface area contributed by atoms with Crippen LogP contribution in [-0.4, -0.2) is 9.67 Å². The molecule has 86 valence electrons. The van der Waals surface area contributed by atoms with Crippen molar-refractivity contribution in [3.05, 3.63) is 34.4 Å². The van der Waals surface area contributed by atoms with Crippen molar-refractivity contribution >= 4 is 26.8 Å². The Bertz CT molecular complexity index is 522. The van der Waals surface area contributed by atoms with Crippen LogP contribution in [0, 0.1) is 0 Å². The molecule has 0 amide bonds. The van der Waals surface area contributed by atoms with E-state index in [1.54, 1.807) is 0 Å². The number of nitrogens with zero attached hydrogens (tertiary/aromatic N) is 1. The summed E-state index contributed by atoms with van der Waals surface area (Å²) in [6, 6.07) is 6.16. The molecule has 0 spiro atoms. The van der Waals surface area contributed by atoms with Gasteiger partial charge >= 0.3 is 0 Å². The number of aliphatic hydroxyl groups is 1. The van der Waals surface area contributed by atoms with E-state index in [1.165, 1.54) is 0 Å². The van der Waals surface area contributed by atoms with Gasteiger partial charge in [0.05, 0.1) is 5.60 Å². The number of aromatic nitrogens is 1. The molecule has 16 heavy (non-hydrogen) atoms. The molecular formula is C13H16BrNO. The molecule has 2 nitrogen and oxygen atoms in total. The van der Waals surface area contributed by atoms with Crippen LogP contribution < -0.4 is 0 Å². The topological polar surface area (TPSA) is 25.2 Å². The predicted octanol–water partition coefficient (Wildman–Crippen LogP) is 3.65. The summed E-state index contributed by atoms with van der Waals surface area (Å²) in [6.07, 6.45) is 2.04. The van der Waals surface area contributed by atoms with Crippen LogP contribution in [-0.2, 0) is 12.1 Å². The third-order valence-electron chi connectivity index (χ3n) is 2.84. The normalized spacial score (nSPS) is 12.3. The Kier molecular flexibility index (Phi) is 2.84. The van der Waals surface area contributed by atoms with Gasteiger partial charge in [-0.15, -0.1) is 0 Å². The summed E-state index contributed by atoms with van der Waals surface area (Å²) in [4.78, 5) is 0. The molecule has 2 aromatic rings. The van der Waals surface area contributed by atoms with Gasteiger partial charge in [0.25, 0.3) is 0 Å². The van der Waals surface area contributed by atoms with E-state index in [9.17, 15) is 5.11 Å². The van der Waals surface area contributed by atoms with Gasteiger partial charge < -0.3 is 9.67 Å². The molecule has 0 bridgehead atoms. The van der Waals surface area contributed by atoms with Crippen molar-refractivity contribution in [2.24, 2.45) is 0 Å². The first-order chi connectivity index (χ1) is 7.43. The number of hydrogen-bond donors (Lipinski definition) is 1. The maximum Gasteiger partial charge on any atom is 0.0861 e. The highest BCUT2D eigenvalue weighted by Crippen LogP contribution is 2.31. The average Bonchev–Trinajstić information content (AvgIpc) is 2.55. The highest BCUT2D eigenvalue weighted by molar-refractivity contribution is 9.10. The first kappa shape index (κ1) is 11.7. The Morgan fingerprint density at radius 3 is 2.62 bits per heavy atom. The molecule has 0 aliphatic rings. The third-order valence-corrected chi connectivity index (χ3v) is 3.34. The Hall–Kier alpha value is -0.800. The van der Waals surface area contributed by atoms with Gasteiger partial charge in [-0.1, -0.05) is 22.0 Å². The molecule has 3 heteroatoms. The minimum Gasteiger partial charge on any atom is -0.386 e. The standard InChI is InChI=1S/C13H16BrNO/c1-4-15-8-11(13(2,3)16)10-6-5-9(14)7-12(10)15/h5-8,16H,4H2,1-3H3. The molecule has 1 heterocycles. The molecule has 0 radical (unpaired) electrons. The van der Waals surface area contributed by atoms with Gasteiger partial charge in [-0.05, 0) is 32.9 Å². The smallest absolute Gasteiger partial charge is 0.0861 e. The van der Waals surface area contributed by atoms with Crippen molar-refractivity contribution in [2.45, 2.75) is 32.9 Å². The Balaban J connectivity index is 2.78. The van der Waals surface area contributed by atoms with Crippen LogP contribution in [0.3, 0.4) is 0 Å². The number of fused-ring (bicyclic) bond motifs is 1. The maximum absolute atomic E-state index is 10.1. The zero-order valence-corrected chi connectivity index (χ0v) is 11.4. The zero-order chi connectivity index (χ0) is 11.9. The van der Waals surface area contributed by atoms with Crippen LogP contribution >= 0.6 is 15.9 Å². The van der Waals surface area contributed by atoms with Gasteiger partial charge in [0.1, 0.15) is 0 Å². The Morgan fingerprint density at radius 2 is 2.06 bits per heavy atom. The molecule has 0 aliphatic heterocycles. The highest BCUT2D eigenvalue weighted by Gasteiger charge is 2.21. The van der Waals surface area contributed by atoms with E-state index in [-0.39, 0.29) is 0 Å². The quantitative estimate of drug-likeness (QED) is 0.893. The summed E-state index contributed by atoms with van der Waals surface area (Å²) < 4.78 is 3.23. The molecule has 2 rings (SSSR count). The molecule has 0 saturated carbocycles. The van der Waals surface area contributed by atoms with Crippen LogP contribution in [0.15, 0.2) is 28.9 Å². The van der Waals surface area contributed by atoms with Gasteiger partial charge in [-0.3, -0.25) is 0 Å².